The topological polar surface area (TPSA) is 41.5 Å². The Morgan fingerprint density at radius 2 is 2.05 bits per heavy atom. The molecular formula is C17H29NO2S. The number of hydrogen-bond acceptors (Lipinski definition) is 4. The van der Waals surface area contributed by atoms with Crippen molar-refractivity contribution in [3.8, 4) is 5.75 Å². The highest BCUT2D eigenvalue weighted by atomic mass is 32.2. The van der Waals surface area contributed by atoms with Crippen molar-refractivity contribution in [2.75, 3.05) is 31.7 Å². The number of benzene rings is 1. The molecule has 21 heavy (non-hydrogen) atoms. The smallest absolute Gasteiger partial charge is 0.122 e. The lowest BCUT2D eigenvalue weighted by molar-refractivity contribution is 0.106. The average molecular weight is 311 g/mol. The van der Waals surface area contributed by atoms with Gasteiger partial charge in [0.1, 0.15) is 18.5 Å². The third kappa shape index (κ3) is 8.34. The lowest BCUT2D eigenvalue weighted by atomic mass is 10.1. The number of aliphatic hydroxyl groups excluding tert-OH is 1. The molecular weight excluding hydrogens is 282 g/mol. The third-order valence-corrected chi connectivity index (χ3v) is 4.04. The minimum Gasteiger partial charge on any atom is -0.491 e. The van der Waals surface area contributed by atoms with Crippen molar-refractivity contribution < 1.29 is 9.84 Å². The van der Waals surface area contributed by atoms with Crippen LogP contribution in [0.1, 0.15) is 30.4 Å². The summed E-state index contributed by atoms with van der Waals surface area (Å²) in [6, 6.07) is 6.09. The second-order valence-corrected chi connectivity index (χ2v) is 6.48. The van der Waals surface area contributed by atoms with Crippen LogP contribution in [0, 0.1) is 13.8 Å². The van der Waals surface area contributed by atoms with E-state index >= 15 is 0 Å². The standard InChI is InChI=1S/C17H29NO2S/c1-14-7-8-17(15(2)11-14)20-13-16(19)12-18-9-5-4-6-10-21-3/h7-8,11,16,18-19H,4-6,9-10,12-13H2,1-3H3. The molecule has 0 spiro atoms. The lowest BCUT2D eigenvalue weighted by Crippen LogP contribution is -2.32. The number of aliphatic hydroxyl groups is 1. The fraction of sp³-hybridized carbons (Fsp3) is 0.647. The normalized spacial score (nSPS) is 12.4. The van der Waals surface area contributed by atoms with Crippen LogP contribution in [0.25, 0.3) is 0 Å². The maximum absolute atomic E-state index is 9.91. The highest BCUT2D eigenvalue weighted by Crippen LogP contribution is 2.18. The molecule has 1 unspecified atom stereocenters. The second kappa shape index (κ2) is 10.9. The molecule has 1 atom stereocenters. The maximum Gasteiger partial charge on any atom is 0.122 e. The second-order valence-electron chi connectivity index (χ2n) is 5.49. The van der Waals surface area contributed by atoms with Gasteiger partial charge in [-0.05, 0) is 56.9 Å². The van der Waals surface area contributed by atoms with Gasteiger partial charge in [-0.1, -0.05) is 24.1 Å². The van der Waals surface area contributed by atoms with Crippen LogP contribution in [0.15, 0.2) is 18.2 Å². The Morgan fingerprint density at radius 3 is 2.76 bits per heavy atom. The Morgan fingerprint density at radius 1 is 1.24 bits per heavy atom. The quantitative estimate of drug-likeness (QED) is 0.616. The average Bonchev–Trinajstić information content (AvgIpc) is 2.45. The molecule has 0 aliphatic carbocycles. The molecule has 1 aromatic rings. The first-order chi connectivity index (χ1) is 10.1. The van der Waals surface area contributed by atoms with Crippen LogP contribution in [0.3, 0.4) is 0 Å². The minimum absolute atomic E-state index is 0.337. The Labute approximate surface area is 133 Å². The van der Waals surface area contributed by atoms with E-state index in [9.17, 15) is 5.11 Å². The molecule has 3 nitrogen and oxygen atoms in total. The van der Waals surface area contributed by atoms with Crippen molar-refractivity contribution in [2.45, 2.75) is 39.2 Å². The molecule has 0 amide bonds. The monoisotopic (exact) mass is 311 g/mol. The van der Waals surface area contributed by atoms with Gasteiger partial charge in [0.25, 0.3) is 0 Å². The van der Waals surface area contributed by atoms with E-state index < -0.39 is 6.10 Å². The lowest BCUT2D eigenvalue weighted by Gasteiger charge is -2.15. The van der Waals surface area contributed by atoms with E-state index in [1.165, 1.54) is 30.6 Å². The van der Waals surface area contributed by atoms with Gasteiger partial charge < -0.3 is 15.2 Å². The molecule has 120 valence electrons. The number of nitrogens with one attached hydrogen (secondary N) is 1. The summed E-state index contributed by atoms with van der Waals surface area (Å²) >= 11 is 1.90. The van der Waals surface area contributed by atoms with Crippen LogP contribution in [0.5, 0.6) is 5.75 Å². The molecule has 0 heterocycles. The Hall–Kier alpha value is -0.710. The van der Waals surface area contributed by atoms with Crippen molar-refractivity contribution >= 4 is 11.8 Å². The van der Waals surface area contributed by atoms with Gasteiger partial charge in [0.05, 0.1) is 0 Å². The fourth-order valence-corrected chi connectivity index (χ4v) is 2.64. The highest BCUT2D eigenvalue weighted by molar-refractivity contribution is 7.98. The van der Waals surface area contributed by atoms with Crippen LogP contribution < -0.4 is 10.1 Å². The van der Waals surface area contributed by atoms with Crippen LogP contribution >= 0.6 is 11.8 Å². The summed E-state index contributed by atoms with van der Waals surface area (Å²) in [6.07, 6.45) is 5.39. The molecule has 1 rings (SSSR count). The maximum atomic E-state index is 9.91. The summed E-state index contributed by atoms with van der Waals surface area (Å²) in [4.78, 5) is 0. The number of aryl methyl sites for hydroxylation is 2. The van der Waals surface area contributed by atoms with Crippen LogP contribution in [-0.2, 0) is 0 Å². The van der Waals surface area contributed by atoms with Gasteiger partial charge in [0.15, 0.2) is 0 Å². The van der Waals surface area contributed by atoms with Crippen molar-refractivity contribution in [3.63, 3.8) is 0 Å². The van der Waals surface area contributed by atoms with E-state index in [1.807, 2.05) is 30.8 Å². The first kappa shape index (κ1) is 18.3. The predicted octanol–water partition coefficient (Wildman–Crippen LogP) is 3.17. The zero-order chi connectivity index (χ0) is 15.5. The Kier molecular flexibility index (Phi) is 9.55. The molecule has 0 fully saturated rings. The van der Waals surface area contributed by atoms with E-state index in [1.54, 1.807) is 0 Å². The number of ether oxygens (including phenoxy) is 1. The van der Waals surface area contributed by atoms with Gasteiger partial charge in [-0.15, -0.1) is 0 Å². The number of rotatable bonds is 11. The van der Waals surface area contributed by atoms with Gasteiger partial charge in [-0.2, -0.15) is 11.8 Å². The molecule has 0 bridgehead atoms. The first-order valence-electron chi connectivity index (χ1n) is 7.71. The molecule has 0 aliphatic heterocycles. The molecule has 0 aliphatic rings. The number of thioether (sulfide) groups is 1. The molecule has 0 saturated carbocycles. The Bertz CT molecular complexity index is 398. The van der Waals surface area contributed by atoms with Crippen molar-refractivity contribution in [1.29, 1.82) is 0 Å². The van der Waals surface area contributed by atoms with Gasteiger partial charge >= 0.3 is 0 Å². The predicted molar refractivity (Wildman–Crippen MR) is 92.5 cm³/mol. The number of hydrogen-bond donors (Lipinski definition) is 2. The van der Waals surface area contributed by atoms with Crippen LogP contribution in [0.2, 0.25) is 0 Å². The molecule has 0 aromatic heterocycles. The summed E-state index contributed by atoms with van der Waals surface area (Å²) in [5.41, 5.74) is 2.34. The van der Waals surface area contributed by atoms with Crippen molar-refractivity contribution in [2.24, 2.45) is 0 Å². The van der Waals surface area contributed by atoms with E-state index in [-0.39, 0.29) is 0 Å². The summed E-state index contributed by atoms with van der Waals surface area (Å²) in [7, 11) is 0. The van der Waals surface area contributed by atoms with Crippen molar-refractivity contribution in [1.82, 2.24) is 5.32 Å². The van der Waals surface area contributed by atoms with E-state index in [4.69, 9.17) is 4.74 Å². The van der Waals surface area contributed by atoms with Crippen LogP contribution in [0.4, 0.5) is 0 Å². The molecule has 1 aromatic carbocycles. The summed E-state index contributed by atoms with van der Waals surface area (Å²) < 4.78 is 5.67. The SMILES string of the molecule is CSCCCCCNCC(O)COc1ccc(C)cc1C. The van der Waals surface area contributed by atoms with Gasteiger partial charge in [0, 0.05) is 6.54 Å². The van der Waals surface area contributed by atoms with E-state index in [0.29, 0.717) is 13.2 Å². The molecule has 0 radical (unpaired) electrons. The van der Waals surface area contributed by atoms with Gasteiger partial charge in [-0.3, -0.25) is 0 Å². The van der Waals surface area contributed by atoms with Crippen molar-refractivity contribution in [3.05, 3.63) is 29.3 Å². The van der Waals surface area contributed by atoms with Crippen LogP contribution in [-0.4, -0.2) is 42.9 Å². The summed E-state index contributed by atoms with van der Waals surface area (Å²) in [6.45, 7) is 5.99. The highest BCUT2D eigenvalue weighted by Gasteiger charge is 2.06. The van der Waals surface area contributed by atoms with Gasteiger partial charge in [0.2, 0.25) is 0 Å². The first-order valence-corrected chi connectivity index (χ1v) is 9.10. The third-order valence-electron chi connectivity index (χ3n) is 3.34. The largest absolute Gasteiger partial charge is 0.491 e. The zero-order valence-electron chi connectivity index (χ0n) is 13.5. The molecule has 4 heteroatoms. The van der Waals surface area contributed by atoms with Gasteiger partial charge in [-0.25, -0.2) is 0 Å². The summed E-state index contributed by atoms with van der Waals surface area (Å²) in [5, 5.41) is 13.2. The molecule has 0 saturated heterocycles. The van der Waals surface area contributed by atoms with E-state index in [2.05, 4.69) is 24.6 Å². The fourth-order valence-electron chi connectivity index (χ4n) is 2.15. The van der Waals surface area contributed by atoms with E-state index in [0.717, 1.165) is 17.9 Å². The molecule has 2 N–H and O–H groups in total. The zero-order valence-corrected chi connectivity index (χ0v) is 14.3. The number of unbranched alkanes of at least 4 members (excludes halogenated alkanes) is 2. The minimum atomic E-state index is -0.461. The summed E-state index contributed by atoms with van der Waals surface area (Å²) in [5.74, 6) is 2.10. The Balaban J connectivity index is 2.09.